The standard InChI is InChI=1S/C10H12F2N2/c1-7(13)8-4-2-3-5-9(8)14-6-10(11)12/h2-5,10,14H,1,6,13H2. The number of para-hydroxylation sites is 1. The van der Waals surface area contributed by atoms with Crippen LogP contribution in [0, 0.1) is 0 Å². The monoisotopic (exact) mass is 198 g/mol. The second-order valence-electron chi connectivity index (χ2n) is 2.84. The van der Waals surface area contributed by atoms with E-state index in [4.69, 9.17) is 5.73 Å². The predicted molar refractivity (Wildman–Crippen MR) is 54.2 cm³/mol. The minimum Gasteiger partial charge on any atom is -0.399 e. The quantitative estimate of drug-likeness (QED) is 0.779. The fraction of sp³-hybridized carbons (Fsp3) is 0.200. The summed E-state index contributed by atoms with van der Waals surface area (Å²) in [6.45, 7) is 3.18. The molecule has 0 amide bonds. The van der Waals surface area contributed by atoms with Gasteiger partial charge in [-0.25, -0.2) is 8.78 Å². The van der Waals surface area contributed by atoms with Crippen molar-refractivity contribution in [3.8, 4) is 0 Å². The first kappa shape index (κ1) is 10.5. The van der Waals surface area contributed by atoms with Crippen LogP contribution in [0.3, 0.4) is 0 Å². The van der Waals surface area contributed by atoms with E-state index in [2.05, 4.69) is 11.9 Å². The van der Waals surface area contributed by atoms with Crippen molar-refractivity contribution in [2.45, 2.75) is 6.43 Å². The summed E-state index contributed by atoms with van der Waals surface area (Å²) in [4.78, 5) is 0. The SMILES string of the molecule is C=C(N)c1ccccc1NCC(F)F. The third-order valence-corrected chi connectivity index (χ3v) is 1.72. The van der Waals surface area contributed by atoms with E-state index in [1.807, 2.05) is 0 Å². The number of halogens is 2. The molecule has 0 atom stereocenters. The van der Waals surface area contributed by atoms with Crippen molar-refractivity contribution in [3.05, 3.63) is 36.4 Å². The third kappa shape index (κ3) is 2.73. The molecule has 14 heavy (non-hydrogen) atoms. The first-order valence-corrected chi connectivity index (χ1v) is 4.17. The normalized spacial score (nSPS) is 10.2. The minimum absolute atomic E-state index is 0.363. The molecule has 0 radical (unpaired) electrons. The molecule has 1 aromatic rings. The molecule has 0 fully saturated rings. The van der Waals surface area contributed by atoms with Crippen LogP contribution in [0.5, 0.6) is 0 Å². The van der Waals surface area contributed by atoms with Crippen LogP contribution in [0.15, 0.2) is 30.8 Å². The summed E-state index contributed by atoms with van der Waals surface area (Å²) >= 11 is 0. The molecule has 0 spiro atoms. The molecule has 0 bridgehead atoms. The van der Waals surface area contributed by atoms with Crippen molar-refractivity contribution >= 4 is 11.4 Å². The molecule has 0 aliphatic carbocycles. The van der Waals surface area contributed by atoms with Crippen LogP contribution in [0.25, 0.3) is 5.70 Å². The maximum Gasteiger partial charge on any atom is 0.255 e. The van der Waals surface area contributed by atoms with Crippen molar-refractivity contribution in [1.82, 2.24) is 0 Å². The molecule has 76 valence electrons. The highest BCUT2D eigenvalue weighted by molar-refractivity contribution is 5.73. The molecule has 2 nitrogen and oxygen atoms in total. The van der Waals surface area contributed by atoms with Gasteiger partial charge in [0.15, 0.2) is 0 Å². The smallest absolute Gasteiger partial charge is 0.255 e. The highest BCUT2D eigenvalue weighted by atomic mass is 19.3. The number of nitrogens with two attached hydrogens (primary N) is 1. The van der Waals surface area contributed by atoms with Gasteiger partial charge in [0.2, 0.25) is 0 Å². The first-order valence-electron chi connectivity index (χ1n) is 4.17. The van der Waals surface area contributed by atoms with Crippen LogP contribution in [0.2, 0.25) is 0 Å². The summed E-state index contributed by atoms with van der Waals surface area (Å²) in [5.41, 5.74) is 7.11. The zero-order chi connectivity index (χ0) is 10.6. The first-order chi connectivity index (χ1) is 6.61. The van der Waals surface area contributed by atoms with Gasteiger partial charge in [-0.2, -0.15) is 0 Å². The van der Waals surface area contributed by atoms with Crippen LogP contribution in [-0.2, 0) is 0 Å². The average molecular weight is 198 g/mol. The van der Waals surface area contributed by atoms with Gasteiger partial charge in [0.25, 0.3) is 6.43 Å². The topological polar surface area (TPSA) is 38.0 Å². The second-order valence-corrected chi connectivity index (χ2v) is 2.84. The fourth-order valence-corrected chi connectivity index (χ4v) is 1.10. The van der Waals surface area contributed by atoms with Crippen LogP contribution >= 0.6 is 0 Å². The number of hydrogen-bond donors (Lipinski definition) is 2. The molecule has 0 unspecified atom stereocenters. The summed E-state index contributed by atoms with van der Waals surface area (Å²) in [5.74, 6) is 0. The lowest BCUT2D eigenvalue weighted by Crippen LogP contribution is -2.12. The highest BCUT2D eigenvalue weighted by Gasteiger charge is 2.05. The van der Waals surface area contributed by atoms with E-state index in [9.17, 15) is 8.78 Å². The summed E-state index contributed by atoms with van der Waals surface area (Å²) in [5, 5.41) is 2.60. The van der Waals surface area contributed by atoms with Crippen LogP contribution < -0.4 is 11.1 Å². The summed E-state index contributed by atoms with van der Waals surface area (Å²) < 4.78 is 23.9. The zero-order valence-electron chi connectivity index (χ0n) is 7.63. The van der Waals surface area contributed by atoms with E-state index < -0.39 is 6.43 Å². The predicted octanol–water partition coefficient (Wildman–Crippen LogP) is 2.29. The Labute approximate surface area is 81.4 Å². The molecule has 1 aromatic carbocycles. The minimum atomic E-state index is -2.38. The summed E-state index contributed by atoms with van der Waals surface area (Å²) in [7, 11) is 0. The van der Waals surface area contributed by atoms with Crippen LogP contribution in [0.4, 0.5) is 14.5 Å². The van der Waals surface area contributed by atoms with Gasteiger partial charge in [-0.05, 0) is 6.07 Å². The number of anilines is 1. The van der Waals surface area contributed by atoms with Crippen LogP contribution in [-0.4, -0.2) is 13.0 Å². The lowest BCUT2D eigenvalue weighted by molar-refractivity contribution is 0.163. The molecule has 3 N–H and O–H groups in total. The van der Waals surface area contributed by atoms with E-state index in [-0.39, 0.29) is 6.54 Å². The summed E-state index contributed by atoms with van der Waals surface area (Å²) in [6, 6.07) is 6.95. The largest absolute Gasteiger partial charge is 0.399 e. The molecule has 0 aromatic heterocycles. The molecule has 1 rings (SSSR count). The van der Waals surface area contributed by atoms with Gasteiger partial charge in [0, 0.05) is 16.9 Å². The lowest BCUT2D eigenvalue weighted by atomic mass is 10.1. The van der Waals surface area contributed by atoms with Gasteiger partial charge < -0.3 is 11.1 Å². The Morgan fingerprint density at radius 1 is 1.43 bits per heavy atom. The van der Waals surface area contributed by atoms with Gasteiger partial charge in [0.1, 0.15) is 0 Å². The van der Waals surface area contributed by atoms with Crippen LogP contribution in [0.1, 0.15) is 5.56 Å². The molecule has 4 heteroatoms. The lowest BCUT2D eigenvalue weighted by Gasteiger charge is -2.10. The van der Waals surface area contributed by atoms with E-state index in [0.717, 1.165) is 0 Å². The fourth-order valence-electron chi connectivity index (χ4n) is 1.10. The molecule has 0 aliphatic heterocycles. The van der Waals surface area contributed by atoms with Crippen molar-refractivity contribution < 1.29 is 8.78 Å². The van der Waals surface area contributed by atoms with Gasteiger partial charge >= 0.3 is 0 Å². The Kier molecular flexibility index (Phi) is 3.45. The molecule has 0 saturated carbocycles. The number of alkyl halides is 2. The Hall–Kier alpha value is -1.58. The molecular weight excluding hydrogens is 186 g/mol. The Balaban J connectivity index is 2.79. The second kappa shape index (κ2) is 4.60. The van der Waals surface area contributed by atoms with Crippen molar-refractivity contribution in [2.75, 3.05) is 11.9 Å². The Morgan fingerprint density at radius 3 is 2.64 bits per heavy atom. The number of hydrogen-bond acceptors (Lipinski definition) is 2. The highest BCUT2D eigenvalue weighted by Crippen LogP contribution is 2.19. The maximum absolute atomic E-state index is 11.9. The Morgan fingerprint density at radius 2 is 2.07 bits per heavy atom. The summed E-state index contributed by atoms with van der Waals surface area (Å²) in [6.07, 6.45) is -2.38. The third-order valence-electron chi connectivity index (χ3n) is 1.72. The van der Waals surface area contributed by atoms with Gasteiger partial charge in [-0.3, -0.25) is 0 Å². The number of nitrogens with one attached hydrogen (secondary N) is 1. The van der Waals surface area contributed by atoms with Gasteiger partial charge in [-0.15, -0.1) is 0 Å². The number of benzene rings is 1. The number of rotatable bonds is 4. The van der Waals surface area contributed by atoms with E-state index in [1.54, 1.807) is 24.3 Å². The molecule has 0 aliphatic rings. The molecule has 0 saturated heterocycles. The van der Waals surface area contributed by atoms with E-state index in [1.165, 1.54) is 0 Å². The average Bonchev–Trinajstić information content (AvgIpc) is 2.15. The van der Waals surface area contributed by atoms with Crippen molar-refractivity contribution in [3.63, 3.8) is 0 Å². The maximum atomic E-state index is 11.9. The van der Waals surface area contributed by atoms with E-state index >= 15 is 0 Å². The van der Waals surface area contributed by atoms with Crippen molar-refractivity contribution in [1.29, 1.82) is 0 Å². The van der Waals surface area contributed by atoms with Gasteiger partial charge in [-0.1, -0.05) is 24.8 Å². The van der Waals surface area contributed by atoms with Crippen molar-refractivity contribution in [2.24, 2.45) is 5.73 Å². The zero-order valence-corrected chi connectivity index (χ0v) is 7.63. The Bertz CT molecular complexity index is 324. The molecular formula is C10H12F2N2. The van der Waals surface area contributed by atoms with Gasteiger partial charge in [0.05, 0.1) is 6.54 Å². The molecule has 0 heterocycles. The van der Waals surface area contributed by atoms with E-state index in [0.29, 0.717) is 16.9 Å².